The molecular formula is C18H16N6O2. The third-order valence-corrected chi connectivity index (χ3v) is 4.24. The molecule has 0 radical (unpaired) electrons. The fourth-order valence-electron chi connectivity index (χ4n) is 3.02. The van der Waals surface area contributed by atoms with Gasteiger partial charge in [-0.2, -0.15) is 0 Å². The summed E-state index contributed by atoms with van der Waals surface area (Å²) < 4.78 is 1.82. The van der Waals surface area contributed by atoms with Crippen LogP contribution in [0.1, 0.15) is 33.8 Å². The van der Waals surface area contributed by atoms with Gasteiger partial charge in [0, 0.05) is 37.4 Å². The van der Waals surface area contributed by atoms with Gasteiger partial charge in [0.05, 0.1) is 17.4 Å². The Morgan fingerprint density at radius 1 is 1.19 bits per heavy atom. The van der Waals surface area contributed by atoms with Crippen molar-refractivity contribution in [2.45, 2.75) is 13.0 Å². The molecular weight excluding hydrogens is 332 g/mol. The number of carbonyl (C=O) groups is 2. The monoisotopic (exact) mass is 348 g/mol. The molecule has 0 fully saturated rings. The highest BCUT2D eigenvalue weighted by Gasteiger charge is 2.35. The predicted octanol–water partition coefficient (Wildman–Crippen LogP) is 2.15. The highest BCUT2D eigenvalue weighted by Crippen LogP contribution is 2.27. The van der Waals surface area contributed by atoms with Crippen LogP contribution in [0.2, 0.25) is 0 Å². The molecule has 0 unspecified atom stereocenters. The summed E-state index contributed by atoms with van der Waals surface area (Å²) in [5, 5.41) is 2.77. The molecule has 130 valence electrons. The fourth-order valence-corrected chi connectivity index (χ4v) is 3.02. The maximum absolute atomic E-state index is 13.0. The van der Waals surface area contributed by atoms with Crippen molar-refractivity contribution in [3.63, 3.8) is 0 Å². The Morgan fingerprint density at radius 2 is 2.00 bits per heavy atom. The van der Waals surface area contributed by atoms with E-state index in [0.29, 0.717) is 29.4 Å². The number of aromatic nitrogens is 4. The second-order valence-corrected chi connectivity index (χ2v) is 5.99. The molecule has 26 heavy (non-hydrogen) atoms. The average Bonchev–Trinajstić information content (AvgIpc) is 3.12. The van der Waals surface area contributed by atoms with Gasteiger partial charge in [-0.3, -0.25) is 19.5 Å². The van der Waals surface area contributed by atoms with Gasteiger partial charge in [0.2, 0.25) is 5.95 Å². The molecule has 8 heteroatoms. The van der Waals surface area contributed by atoms with Crippen LogP contribution in [0.5, 0.6) is 0 Å². The van der Waals surface area contributed by atoms with Crippen molar-refractivity contribution in [3.8, 4) is 0 Å². The summed E-state index contributed by atoms with van der Waals surface area (Å²) in [6, 6.07) is 6.81. The van der Waals surface area contributed by atoms with E-state index in [4.69, 9.17) is 0 Å². The highest BCUT2D eigenvalue weighted by atomic mass is 16.2. The summed E-state index contributed by atoms with van der Waals surface area (Å²) in [6.07, 6.45) is 8.11. The predicted molar refractivity (Wildman–Crippen MR) is 95.0 cm³/mol. The lowest BCUT2D eigenvalue weighted by atomic mass is 10.1. The van der Waals surface area contributed by atoms with Gasteiger partial charge in [0.15, 0.2) is 0 Å². The molecule has 0 saturated heterocycles. The quantitative estimate of drug-likeness (QED) is 0.783. The zero-order valence-electron chi connectivity index (χ0n) is 14.0. The molecule has 1 aliphatic heterocycles. The van der Waals surface area contributed by atoms with Crippen LogP contribution in [0.15, 0.2) is 55.2 Å². The second kappa shape index (κ2) is 6.40. The van der Waals surface area contributed by atoms with E-state index in [1.54, 1.807) is 55.2 Å². The number of amides is 2. The Kier molecular flexibility index (Phi) is 3.92. The highest BCUT2D eigenvalue weighted by molar-refractivity contribution is 6.15. The molecule has 1 N–H and O–H groups in total. The van der Waals surface area contributed by atoms with Gasteiger partial charge in [-0.05, 0) is 31.2 Å². The van der Waals surface area contributed by atoms with Crippen LogP contribution in [0, 0.1) is 0 Å². The van der Waals surface area contributed by atoms with E-state index >= 15 is 0 Å². The SMILES string of the molecule is C[C@H]1CN(c2ncccn2)C(=O)c2c(C(=O)Nc3cccnc3)ccn21. The topological polar surface area (TPSA) is 93.0 Å². The van der Waals surface area contributed by atoms with Crippen LogP contribution in [-0.2, 0) is 0 Å². The number of nitrogens with one attached hydrogen (secondary N) is 1. The molecule has 8 nitrogen and oxygen atoms in total. The van der Waals surface area contributed by atoms with Gasteiger partial charge in [0.25, 0.3) is 11.8 Å². The Bertz CT molecular complexity index is 954. The zero-order chi connectivity index (χ0) is 18.1. The molecule has 1 atom stereocenters. The number of nitrogens with zero attached hydrogens (tertiary/aromatic N) is 5. The normalized spacial score (nSPS) is 16.3. The molecule has 0 spiro atoms. The van der Waals surface area contributed by atoms with Crippen molar-refractivity contribution >= 4 is 23.5 Å². The van der Waals surface area contributed by atoms with E-state index in [1.807, 2.05) is 11.5 Å². The number of rotatable bonds is 3. The minimum absolute atomic E-state index is 0.00792. The number of pyridine rings is 1. The van der Waals surface area contributed by atoms with E-state index in [9.17, 15) is 9.59 Å². The fraction of sp³-hybridized carbons (Fsp3) is 0.167. The molecule has 0 bridgehead atoms. The summed E-state index contributed by atoms with van der Waals surface area (Å²) in [5.41, 5.74) is 1.21. The number of hydrogen-bond acceptors (Lipinski definition) is 5. The van der Waals surface area contributed by atoms with Crippen LogP contribution in [0.25, 0.3) is 0 Å². The van der Waals surface area contributed by atoms with E-state index in [2.05, 4.69) is 20.3 Å². The van der Waals surface area contributed by atoms with Crippen molar-refractivity contribution in [3.05, 3.63) is 66.5 Å². The molecule has 3 aromatic rings. The van der Waals surface area contributed by atoms with Crippen LogP contribution in [-0.4, -0.2) is 37.9 Å². The molecule has 0 saturated carbocycles. The number of carbonyl (C=O) groups excluding carboxylic acids is 2. The van der Waals surface area contributed by atoms with Crippen molar-refractivity contribution in [1.29, 1.82) is 0 Å². The second-order valence-electron chi connectivity index (χ2n) is 5.99. The Balaban J connectivity index is 1.69. The van der Waals surface area contributed by atoms with Crippen molar-refractivity contribution in [1.82, 2.24) is 19.5 Å². The summed E-state index contributed by atoms with van der Waals surface area (Å²) in [7, 11) is 0. The molecule has 2 amide bonds. The minimum Gasteiger partial charge on any atom is -0.338 e. The molecule has 4 heterocycles. The van der Waals surface area contributed by atoms with Crippen LogP contribution in [0.3, 0.4) is 0 Å². The van der Waals surface area contributed by atoms with Crippen molar-refractivity contribution in [2.75, 3.05) is 16.8 Å². The van der Waals surface area contributed by atoms with E-state index in [-0.39, 0.29) is 17.9 Å². The summed E-state index contributed by atoms with van der Waals surface area (Å²) in [5.74, 6) is -0.325. The first-order valence-electron chi connectivity index (χ1n) is 8.16. The first-order chi connectivity index (χ1) is 12.6. The Labute approximate surface area is 149 Å². The van der Waals surface area contributed by atoms with Gasteiger partial charge in [-0.15, -0.1) is 0 Å². The third-order valence-electron chi connectivity index (χ3n) is 4.24. The maximum Gasteiger partial charge on any atom is 0.278 e. The lowest BCUT2D eigenvalue weighted by Gasteiger charge is -2.31. The standard InChI is InChI=1S/C18H16N6O2/c1-12-11-24(18-20-7-3-8-21-18)17(26)15-14(5-9-23(12)15)16(25)22-13-4-2-6-19-10-13/h2-10,12H,11H2,1H3,(H,22,25)/t12-/m0/s1. The number of hydrogen-bond donors (Lipinski definition) is 1. The first-order valence-corrected chi connectivity index (χ1v) is 8.16. The van der Waals surface area contributed by atoms with Crippen LogP contribution >= 0.6 is 0 Å². The van der Waals surface area contributed by atoms with E-state index < -0.39 is 0 Å². The maximum atomic E-state index is 13.0. The summed E-state index contributed by atoms with van der Waals surface area (Å²) in [4.78, 5) is 39.5. The largest absolute Gasteiger partial charge is 0.338 e. The lowest BCUT2D eigenvalue weighted by molar-refractivity contribution is 0.0940. The van der Waals surface area contributed by atoms with Gasteiger partial charge >= 0.3 is 0 Å². The third kappa shape index (κ3) is 2.71. The minimum atomic E-state index is -0.358. The van der Waals surface area contributed by atoms with Gasteiger partial charge in [-0.25, -0.2) is 9.97 Å². The van der Waals surface area contributed by atoms with Crippen LogP contribution < -0.4 is 10.2 Å². The van der Waals surface area contributed by atoms with E-state index in [0.717, 1.165) is 0 Å². The summed E-state index contributed by atoms with van der Waals surface area (Å²) >= 11 is 0. The number of anilines is 2. The zero-order valence-corrected chi connectivity index (χ0v) is 14.0. The smallest absolute Gasteiger partial charge is 0.278 e. The first kappa shape index (κ1) is 15.9. The van der Waals surface area contributed by atoms with Gasteiger partial charge < -0.3 is 9.88 Å². The molecule has 0 aromatic carbocycles. The Hall–Kier alpha value is -3.55. The van der Waals surface area contributed by atoms with E-state index in [1.165, 1.54) is 4.90 Å². The molecule has 0 aliphatic carbocycles. The lowest BCUT2D eigenvalue weighted by Crippen LogP contribution is -2.43. The van der Waals surface area contributed by atoms with Gasteiger partial charge in [-0.1, -0.05) is 0 Å². The van der Waals surface area contributed by atoms with Gasteiger partial charge in [0.1, 0.15) is 5.69 Å². The summed E-state index contributed by atoms with van der Waals surface area (Å²) in [6.45, 7) is 2.42. The molecule has 4 rings (SSSR count). The Morgan fingerprint density at radius 3 is 2.73 bits per heavy atom. The van der Waals surface area contributed by atoms with Crippen molar-refractivity contribution < 1.29 is 9.59 Å². The van der Waals surface area contributed by atoms with Crippen LogP contribution in [0.4, 0.5) is 11.6 Å². The molecule has 3 aromatic heterocycles. The van der Waals surface area contributed by atoms with Crippen molar-refractivity contribution in [2.24, 2.45) is 0 Å². The number of fused-ring (bicyclic) bond motifs is 1. The molecule has 1 aliphatic rings. The average molecular weight is 348 g/mol.